The van der Waals surface area contributed by atoms with Gasteiger partial charge in [0.25, 0.3) is 0 Å². The summed E-state index contributed by atoms with van der Waals surface area (Å²) in [6.07, 6.45) is 3.25. The van der Waals surface area contributed by atoms with E-state index >= 15 is 0 Å². The largest absolute Gasteiger partial charge is 0.467 e. The molecule has 0 radical (unpaired) electrons. The van der Waals surface area contributed by atoms with Gasteiger partial charge in [-0.3, -0.25) is 0 Å². The highest BCUT2D eigenvalue weighted by Crippen LogP contribution is 2.20. The quantitative estimate of drug-likeness (QED) is 0.779. The number of hydrogen-bond donors (Lipinski definition) is 1. The number of ether oxygens (including phenoxy) is 1. The number of aromatic nitrogens is 2. The average Bonchev–Trinajstić information content (AvgIpc) is 2.21. The van der Waals surface area contributed by atoms with Crippen LogP contribution in [0.15, 0.2) is 18.9 Å². The van der Waals surface area contributed by atoms with Gasteiger partial charge in [0.1, 0.15) is 5.02 Å². The molecular weight excluding hydrogens is 202 g/mol. The van der Waals surface area contributed by atoms with E-state index in [1.165, 1.54) is 13.3 Å². The number of nitrogens with one attached hydrogen (secondary N) is 1. The van der Waals surface area contributed by atoms with Crippen molar-refractivity contribution >= 4 is 17.4 Å². The van der Waals surface area contributed by atoms with Crippen LogP contribution in [0.25, 0.3) is 0 Å². The molecule has 0 saturated carbocycles. The lowest BCUT2D eigenvalue weighted by Crippen LogP contribution is -2.13. The van der Waals surface area contributed by atoms with Crippen molar-refractivity contribution < 1.29 is 4.74 Å². The summed E-state index contributed by atoms with van der Waals surface area (Å²) >= 11 is 5.88. The molecule has 1 heterocycles. The summed E-state index contributed by atoms with van der Waals surface area (Å²) in [6.45, 7) is 5.59. The van der Waals surface area contributed by atoms with Gasteiger partial charge < -0.3 is 10.1 Å². The molecule has 1 N–H and O–H groups in total. The molecule has 0 aliphatic heterocycles. The Bertz CT molecular complexity index is 330. The highest BCUT2D eigenvalue weighted by molar-refractivity contribution is 6.32. The first-order valence-corrected chi connectivity index (χ1v) is 4.50. The van der Waals surface area contributed by atoms with Gasteiger partial charge in [0.05, 0.1) is 13.3 Å². The van der Waals surface area contributed by atoms with Crippen LogP contribution < -0.4 is 10.1 Å². The second-order valence-corrected chi connectivity index (χ2v) is 3.13. The Morgan fingerprint density at radius 3 is 3.00 bits per heavy atom. The SMILES string of the molecule is C=CC(C)Nc1nc(OC)ncc1Cl. The van der Waals surface area contributed by atoms with Gasteiger partial charge in [0, 0.05) is 6.04 Å². The highest BCUT2D eigenvalue weighted by atomic mass is 35.5. The molecule has 0 aliphatic carbocycles. The number of rotatable bonds is 4. The maximum atomic E-state index is 5.88. The molecule has 0 amide bonds. The Hall–Kier alpha value is -1.29. The number of methoxy groups -OCH3 is 1. The van der Waals surface area contributed by atoms with Crippen LogP contribution in [-0.4, -0.2) is 23.1 Å². The third-order valence-corrected chi connectivity index (χ3v) is 1.90. The fraction of sp³-hybridized carbons (Fsp3) is 0.333. The van der Waals surface area contributed by atoms with Crippen LogP contribution in [0, 0.1) is 0 Å². The van der Waals surface area contributed by atoms with Gasteiger partial charge >= 0.3 is 6.01 Å². The molecule has 0 fully saturated rings. The third kappa shape index (κ3) is 2.60. The fourth-order valence-electron chi connectivity index (χ4n) is 0.825. The third-order valence-electron chi connectivity index (χ3n) is 1.62. The van der Waals surface area contributed by atoms with Gasteiger partial charge in [-0.25, -0.2) is 4.98 Å². The predicted octanol–water partition coefficient (Wildman–Crippen LogP) is 2.12. The summed E-state index contributed by atoms with van der Waals surface area (Å²) in [6, 6.07) is 0.375. The van der Waals surface area contributed by atoms with E-state index in [1.807, 2.05) is 6.92 Å². The standard InChI is InChI=1S/C9H12ClN3O/c1-4-6(2)12-8-7(10)5-11-9(13-8)14-3/h4-6H,1H2,2-3H3,(H,11,12,13). The first kappa shape index (κ1) is 10.8. The molecule has 0 spiro atoms. The molecule has 1 aromatic rings. The zero-order chi connectivity index (χ0) is 10.6. The van der Waals surface area contributed by atoms with Gasteiger partial charge in [-0.15, -0.1) is 6.58 Å². The van der Waals surface area contributed by atoms with Crippen molar-refractivity contribution in [2.24, 2.45) is 0 Å². The van der Waals surface area contributed by atoms with Crippen molar-refractivity contribution in [1.82, 2.24) is 9.97 Å². The summed E-state index contributed by atoms with van der Waals surface area (Å²) in [5.41, 5.74) is 0. The summed E-state index contributed by atoms with van der Waals surface area (Å²) < 4.78 is 4.88. The molecule has 1 aromatic heterocycles. The first-order chi connectivity index (χ1) is 6.67. The Labute approximate surface area is 88.0 Å². The lowest BCUT2D eigenvalue weighted by atomic mass is 10.3. The molecule has 1 rings (SSSR count). The van der Waals surface area contributed by atoms with Gasteiger partial charge in [-0.05, 0) is 6.92 Å². The Morgan fingerprint density at radius 1 is 1.71 bits per heavy atom. The zero-order valence-corrected chi connectivity index (χ0v) is 8.88. The monoisotopic (exact) mass is 213 g/mol. The van der Waals surface area contributed by atoms with Crippen LogP contribution >= 0.6 is 11.6 Å². The maximum absolute atomic E-state index is 5.88. The summed E-state index contributed by atoms with van der Waals surface area (Å²) in [7, 11) is 1.50. The van der Waals surface area contributed by atoms with Crippen molar-refractivity contribution in [2.75, 3.05) is 12.4 Å². The lowest BCUT2D eigenvalue weighted by molar-refractivity contribution is 0.380. The smallest absolute Gasteiger partial charge is 0.318 e. The molecule has 0 bridgehead atoms. The minimum Gasteiger partial charge on any atom is -0.467 e. The molecular formula is C9H12ClN3O. The summed E-state index contributed by atoms with van der Waals surface area (Å²) in [5, 5.41) is 3.51. The average molecular weight is 214 g/mol. The van der Waals surface area contributed by atoms with E-state index in [0.29, 0.717) is 10.8 Å². The van der Waals surface area contributed by atoms with Crippen molar-refractivity contribution in [3.05, 3.63) is 23.9 Å². The van der Waals surface area contributed by atoms with E-state index < -0.39 is 0 Å². The van der Waals surface area contributed by atoms with Crippen LogP contribution in [0.3, 0.4) is 0 Å². The number of hydrogen-bond acceptors (Lipinski definition) is 4. The van der Waals surface area contributed by atoms with E-state index in [0.717, 1.165) is 0 Å². The summed E-state index contributed by atoms with van der Waals surface area (Å²) in [5.74, 6) is 0.547. The molecule has 0 aliphatic rings. The molecule has 1 atom stereocenters. The van der Waals surface area contributed by atoms with Gasteiger partial charge in [-0.2, -0.15) is 4.98 Å². The van der Waals surface area contributed by atoms with Crippen LogP contribution in [0.4, 0.5) is 5.82 Å². The normalized spacial score (nSPS) is 11.9. The Morgan fingerprint density at radius 2 is 2.43 bits per heavy atom. The van der Waals surface area contributed by atoms with E-state index in [4.69, 9.17) is 16.3 Å². The fourth-order valence-corrected chi connectivity index (χ4v) is 0.971. The zero-order valence-electron chi connectivity index (χ0n) is 8.12. The molecule has 0 aromatic carbocycles. The van der Waals surface area contributed by atoms with E-state index in [-0.39, 0.29) is 12.1 Å². The molecule has 76 valence electrons. The Balaban J connectivity index is 2.88. The maximum Gasteiger partial charge on any atom is 0.318 e. The number of nitrogens with zero attached hydrogens (tertiary/aromatic N) is 2. The van der Waals surface area contributed by atoms with Crippen molar-refractivity contribution in [3.8, 4) is 6.01 Å². The van der Waals surface area contributed by atoms with Crippen molar-refractivity contribution in [2.45, 2.75) is 13.0 Å². The number of anilines is 1. The van der Waals surface area contributed by atoms with Crippen LogP contribution in [0.5, 0.6) is 6.01 Å². The van der Waals surface area contributed by atoms with Gasteiger partial charge in [0.15, 0.2) is 5.82 Å². The van der Waals surface area contributed by atoms with E-state index in [2.05, 4.69) is 21.9 Å². The molecule has 5 heteroatoms. The van der Waals surface area contributed by atoms with Crippen molar-refractivity contribution in [3.63, 3.8) is 0 Å². The van der Waals surface area contributed by atoms with Gasteiger partial charge in [-0.1, -0.05) is 17.7 Å². The molecule has 4 nitrogen and oxygen atoms in total. The van der Waals surface area contributed by atoms with Crippen LogP contribution in [0.1, 0.15) is 6.92 Å². The van der Waals surface area contributed by atoms with E-state index in [1.54, 1.807) is 6.08 Å². The second kappa shape index (κ2) is 4.81. The predicted molar refractivity (Wildman–Crippen MR) is 56.9 cm³/mol. The Kier molecular flexibility index (Phi) is 3.71. The van der Waals surface area contributed by atoms with E-state index in [9.17, 15) is 0 Å². The highest BCUT2D eigenvalue weighted by Gasteiger charge is 2.06. The minimum absolute atomic E-state index is 0.0899. The summed E-state index contributed by atoms with van der Waals surface area (Å²) in [4.78, 5) is 7.91. The first-order valence-electron chi connectivity index (χ1n) is 4.13. The van der Waals surface area contributed by atoms with Crippen LogP contribution in [0.2, 0.25) is 5.02 Å². The number of halogens is 1. The topological polar surface area (TPSA) is 47.0 Å². The van der Waals surface area contributed by atoms with Gasteiger partial charge in [0.2, 0.25) is 0 Å². The second-order valence-electron chi connectivity index (χ2n) is 2.72. The molecule has 1 unspecified atom stereocenters. The van der Waals surface area contributed by atoms with Crippen molar-refractivity contribution in [1.29, 1.82) is 0 Å². The minimum atomic E-state index is 0.0899. The molecule has 0 saturated heterocycles. The molecule has 14 heavy (non-hydrogen) atoms. The lowest BCUT2D eigenvalue weighted by Gasteiger charge is -2.11. The van der Waals surface area contributed by atoms with Crippen LogP contribution in [-0.2, 0) is 0 Å².